The molecule has 0 radical (unpaired) electrons. The minimum Gasteiger partial charge on any atom is -0.378 e. The van der Waals surface area contributed by atoms with E-state index in [-0.39, 0.29) is 0 Å². The molecule has 0 saturated carbocycles. The standard InChI is InChI=1S/C16H21N7O/c1-22(2)15-18-14(21-17-12-13-6-4-3-5-7-13)19-16(20-15)23-8-10-24-11-9-23/h3-7,12H,8-11H2,1-2H3,(H,18,19,20,21)/b17-12+. The van der Waals surface area contributed by atoms with Gasteiger partial charge in [0.2, 0.25) is 17.8 Å². The summed E-state index contributed by atoms with van der Waals surface area (Å²) in [5.74, 6) is 1.64. The van der Waals surface area contributed by atoms with Crippen molar-refractivity contribution >= 4 is 24.1 Å². The highest BCUT2D eigenvalue weighted by molar-refractivity contribution is 5.79. The minimum absolute atomic E-state index is 0.419. The van der Waals surface area contributed by atoms with Crippen LogP contribution in [0.4, 0.5) is 17.8 Å². The molecule has 1 aliphatic heterocycles. The van der Waals surface area contributed by atoms with Crippen LogP contribution in [0.25, 0.3) is 0 Å². The van der Waals surface area contributed by atoms with Gasteiger partial charge >= 0.3 is 0 Å². The van der Waals surface area contributed by atoms with E-state index in [4.69, 9.17) is 4.74 Å². The van der Waals surface area contributed by atoms with E-state index in [1.54, 1.807) is 6.21 Å². The summed E-state index contributed by atoms with van der Waals surface area (Å²) >= 11 is 0. The van der Waals surface area contributed by atoms with E-state index in [0.29, 0.717) is 31.1 Å². The van der Waals surface area contributed by atoms with Crippen molar-refractivity contribution in [3.8, 4) is 0 Å². The molecule has 8 nitrogen and oxygen atoms in total. The monoisotopic (exact) mass is 327 g/mol. The summed E-state index contributed by atoms with van der Waals surface area (Å²) in [5, 5.41) is 4.21. The highest BCUT2D eigenvalue weighted by Crippen LogP contribution is 2.16. The molecule has 1 aromatic carbocycles. The third-order valence-corrected chi connectivity index (χ3v) is 3.48. The Labute approximate surface area is 141 Å². The summed E-state index contributed by atoms with van der Waals surface area (Å²) in [4.78, 5) is 17.3. The lowest BCUT2D eigenvalue weighted by Crippen LogP contribution is -2.37. The van der Waals surface area contributed by atoms with E-state index in [2.05, 4.69) is 30.4 Å². The highest BCUT2D eigenvalue weighted by atomic mass is 16.5. The number of benzene rings is 1. The molecule has 8 heteroatoms. The number of morpholine rings is 1. The number of hydrazone groups is 1. The topological polar surface area (TPSA) is 78.8 Å². The zero-order chi connectivity index (χ0) is 16.8. The molecule has 24 heavy (non-hydrogen) atoms. The second kappa shape index (κ2) is 7.69. The summed E-state index contributed by atoms with van der Waals surface area (Å²) < 4.78 is 5.38. The van der Waals surface area contributed by atoms with Crippen molar-refractivity contribution < 1.29 is 4.74 Å². The van der Waals surface area contributed by atoms with Gasteiger partial charge in [0.25, 0.3) is 0 Å². The van der Waals surface area contributed by atoms with Crippen molar-refractivity contribution in [3.05, 3.63) is 35.9 Å². The molecule has 0 amide bonds. The van der Waals surface area contributed by atoms with Gasteiger partial charge in [-0.15, -0.1) is 0 Å². The van der Waals surface area contributed by atoms with Gasteiger partial charge in [-0.2, -0.15) is 20.1 Å². The number of anilines is 3. The molecule has 0 atom stereocenters. The molecule has 2 heterocycles. The van der Waals surface area contributed by atoms with Crippen LogP contribution < -0.4 is 15.2 Å². The Bertz CT molecular complexity index is 684. The average Bonchev–Trinajstić information content (AvgIpc) is 2.63. The van der Waals surface area contributed by atoms with Crippen LogP contribution in [0.2, 0.25) is 0 Å². The van der Waals surface area contributed by atoms with Crippen molar-refractivity contribution in [2.24, 2.45) is 5.10 Å². The van der Waals surface area contributed by atoms with Crippen molar-refractivity contribution in [1.82, 2.24) is 15.0 Å². The van der Waals surface area contributed by atoms with Gasteiger partial charge in [-0.25, -0.2) is 5.43 Å². The molecule has 2 aromatic rings. The Kier molecular flexibility index (Phi) is 5.17. The Morgan fingerprint density at radius 2 is 1.88 bits per heavy atom. The van der Waals surface area contributed by atoms with Crippen molar-refractivity contribution in [2.75, 3.05) is 55.6 Å². The average molecular weight is 327 g/mol. The van der Waals surface area contributed by atoms with E-state index < -0.39 is 0 Å². The number of aromatic nitrogens is 3. The first kappa shape index (κ1) is 16.1. The van der Waals surface area contributed by atoms with Crippen LogP contribution in [0.1, 0.15) is 5.56 Å². The highest BCUT2D eigenvalue weighted by Gasteiger charge is 2.17. The Hall–Kier alpha value is -2.74. The molecule has 1 aromatic heterocycles. The van der Waals surface area contributed by atoms with Crippen LogP contribution in [0.15, 0.2) is 35.4 Å². The molecular weight excluding hydrogens is 306 g/mol. The lowest BCUT2D eigenvalue weighted by Gasteiger charge is -2.27. The SMILES string of the molecule is CN(C)c1nc(N/N=C/c2ccccc2)nc(N2CCOCC2)n1. The first-order valence-electron chi connectivity index (χ1n) is 7.82. The molecule has 0 aliphatic carbocycles. The zero-order valence-corrected chi connectivity index (χ0v) is 13.9. The molecule has 0 spiro atoms. The molecule has 3 rings (SSSR count). The maximum atomic E-state index is 5.38. The summed E-state index contributed by atoms with van der Waals surface area (Å²) in [6.07, 6.45) is 1.73. The first-order valence-corrected chi connectivity index (χ1v) is 7.82. The van der Waals surface area contributed by atoms with E-state index in [1.165, 1.54) is 0 Å². The fourth-order valence-corrected chi connectivity index (χ4v) is 2.21. The van der Waals surface area contributed by atoms with Crippen LogP contribution in [0, 0.1) is 0 Å². The van der Waals surface area contributed by atoms with Gasteiger partial charge < -0.3 is 14.5 Å². The number of nitrogens with one attached hydrogen (secondary N) is 1. The number of rotatable bonds is 5. The number of hydrogen-bond acceptors (Lipinski definition) is 8. The maximum Gasteiger partial charge on any atom is 0.250 e. The fraction of sp³-hybridized carbons (Fsp3) is 0.375. The molecule has 0 bridgehead atoms. The van der Waals surface area contributed by atoms with E-state index >= 15 is 0 Å². The molecule has 1 fully saturated rings. The van der Waals surface area contributed by atoms with Crippen LogP contribution in [-0.2, 0) is 4.74 Å². The zero-order valence-electron chi connectivity index (χ0n) is 13.9. The second-order valence-electron chi connectivity index (χ2n) is 5.53. The van der Waals surface area contributed by atoms with Crippen molar-refractivity contribution in [2.45, 2.75) is 0 Å². The number of ether oxygens (including phenoxy) is 1. The van der Waals surface area contributed by atoms with Crippen molar-refractivity contribution in [1.29, 1.82) is 0 Å². The van der Waals surface area contributed by atoms with E-state index in [9.17, 15) is 0 Å². The van der Waals surface area contributed by atoms with E-state index in [0.717, 1.165) is 18.7 Å². The van der Waals surface area contributed by atoms with Crippen molar-refractivity contribution in [3.63, 3.8) is 0 Å². The lowest BCUT2D eigenvalue weighted by molar-refractivity contribution is 0.122. The number of nitrogens with zero attached hydrogens (tertiary/aromatic N) is 6. The third-order valence-electron chi connectivity index (χ3n) is 3.48. The molecular formula is C16H21N7O. The van der Waals surface area contributed by atoms with Gasteiger partial charge in [-0.05, 0) is 5.56 Å². The largest absolute Gasteiger partial charge is 0.378 e. The Balaban J connectivity index is 1.78. The maximum absolute atomic E-state index is 5.38. The van der Waals surface area contributed by atoms with Gasteiger partial charge in [0, 0.05) is 27.2 Å². The van der Waals surface area contributed by atoms with Crippen LogP contribution in [0.3, 0.4) is 0 Å². The summed E-state index contributed by atoms with van der Waals surface area (Å²) in [7, 11) is 3.80. The normalized spacial score (nSPS) is 14.8. The summed E-state index contributed by atoms with van der Waals surface area (Å²) in [5.41, 5.74) is 3.89. The molecule has 1 saturated heterocycles. The minimum atomic E-state index is 0.419. The van der Waals surface area contributed by atoms with Gasteiger partial charge in [0.1, 0.15) is 0 Å². The Morgan fingerprint density at radius 3 is 2.58 bits per heavy atom. The van der Waals surface area contributed by atoms with Crippen LogP contribution in [-0.4, -0.2) is 61.6 Å². The lowest BCUT2D eigenvalue weighted by atomic mass is 10.2. The molecule has 0 unspecified atom stereocenters. The third kappa shape index (κ3) is 4.17. The molecule has 126 valence electrons. The second-order valence-corrected chi connectivity index (χ2v) is 5.53. The van der Waals surface area contributed by atoms with Gasteiger partial charge in [-0.3, -0.25) is 0 Å². The van der Waals surface area contributed by atoms with Crippen LogP contribution in [0.5, 0.6) is 0 Å². The van der Waals surface area contributed by atoms with Gasteiger partial charge in [0.15, 0.2) is 0 Å². The predicted molar refractivity (Wildman–Crippen MR) is 94.8 cm³/mol. The first-order chi connectivity index (χ1) is 11.7. The molecule has 1 N–H and O–H groups in total. The quantitative estimate of drug-likeness (QED) is 0.653. The van der Waals surface area contributed by atoms with Gasteiger partial charge in [0.05, 0.1) is 19.4 Å². The van der Waals surface area contributed by atoms with E-state index in [1.807, 2.05) is 49.3 Å². The number of hydrogen-bond donors (Lipinski definition) is 1. The smallest absolute Gasteiger partial charge is 0.250 e. The Morgan fingerprint density at radius 1 is 1.12 bits per heavy atom. The molecule has 1 aliphatic rings. The fourth-order valence-electron chi connectivity index (χ4n) is 2.21. The van der Waals surface area contributed by atoms with Gasteiger partial charge in [-0.1, -0.05) is 30.3 Å². The van der Waals surface area contributed by atoms with Crippen LogP contribution >= 0.6 is 0 Å². The summed E-state index contributed by atoms with van der Waals surface area (Å²) in [6.45, 7) is 2.89. The predicted octanol–water partition coefficient (Wildman–Crippen LogP) is 1.22. The summed E-state index contributed by atoms with van der Waals surface area (Å²) in [6, 6.07) is 9.84.